The molecule has 0 saturated heterocycles. The largest absolute Gasteiger partial charge is 0.467 e. The number of halogens is 1. The van der Waals surface area contributed by atoms with Crippen LogP contribution in [0.25, 0.3) is 0 Å². The molecular weight excluding hydrogens is 289 g/mol. The topological polar surface area (TPSA) is 64.6 Å². The first-order valence-electron chi connectivity index (χ1n) is 6.86. The quantitative estimate of drug-likeness (QED) is 0.865. The second kappa shape index (κ2) is 6.34. The SMILES string of the molecule is COC(=O)C(C)(C)Nc1ccc(C(=O)OC(C)(C)C)c(F)c1. The van der Waals surface area contributed by atoms with Gasteiger partial charge in [-0.05, 0) is 52.8 Å². The summed E-state index contributed by atoms with van der Waals surface area (Å²) in [5.74, 6) is -1.94. The average molecular weight is 311 g/mol. The van der Waals surface area contributed by atoms with Crippen LogP contribution in [0.4, 0.5) is 10.1 Å². The second-order valence-electron chi connectivity index (χ2n) is 6.44. The lowest BCUT2D eigenvalue weighted by atomic mass is 10.0. The summed E-state index contributed by atoms with van der Waals surface area (Å²) in [5.41, 5.74) is -1.52. The standard InChI is InChI=1S/C16H22FNO4/c1-15(2,3)22-13(19)11-8-7-10(9-12(11)17)18-16(4,5)14(20)21-6/h7-9,18H,1-6H3. The Morgan fingerprint density at radius 1 is 1.14 bits per heavy atom. The maximum atomic E-state index is 14.1. The van der Waals surface area contributed by atoms with Crippen molar-refractivity contribution in [2.45, 2.75) is 45.8 Å². The van der Waals surface area contributed by atoms with Gasteiger partial charge < -0.3 is 14.8 Å². The Labute approximate surface area is 129 Å². The van der Waals surface area contributed by atoms with E-state index < -0.39 is 28.9 Å². The fourth-order valence-corrected chi connectivity index (χ4v) is 1.76. The van der Waals surface area contributed by atoms with Crippen molar-refractivity contribution in [3.8, 4) is 0 Å². The highest BCUT2D eigenvalue weighted by Gasteiger charge is 2.29. The lowest BCUT2D eigenvalue weighted by Gasteiger charge is -2.24. The summed E-state index contributed by atoms with van der Waals surface area (Å²) >= 11 is 0. The zero-order valence-corrected chi connectivity index (χ0v) is 13.7. The fourth-order valence-electron chi connectivity index (χ4n) is 1.76. The number of hydrogen-bond acceptors (Lipinski definition) is 5. The molecule has 0 aliphatic rings. The van der Waals surface area contributed by atoms with Crippen LogP contribution in [0.1, 0.15) is 45.0 Å². The molecule has 0 amide bonds. The minimum Gasteiger partial charge on any atom is -0.467 e. The van der Waals surface area contributed by atoms with Gasteiger partial charge in [0.1, 0.15) is 17.0 Å². The molecular formula is C16H22FNO4. The highest BCUT2D eigenvalue weighted by atomic mass is 19.1. The average Bonchev–Trinajstić information content (AvgIpc) is 2.34. The molecule has 0 aliphatic carbocycles. The maximum Gasteiger partial charge on any atom is 0.341 e. The van der Waals surface area contributed by atoms with Gasteiger partial charge in [0.05, 0.1) is 12.7 Å². The Morgan fingerprint density at radius 2 is 1.73 bits per heavy atom. The first kappa shape index (κ1) is 17.9. The summed E-state index contributed by atoms with van der Waals surface area (Å²) in [6.07, 6.45) is 0. The molecule has 122 valence electrons. The predicted octanol–water partition coefficient (Wildman–Crippen LogP) is 3.14. The molecule has 0 atom stereocenters. The summed E-state index contributed by atoms with van der Waals surface area (Å²) in [6.45, 7) is 8.34. The third-order valence-electron chi connectivity index (χ3n) is 2.74. The molecule has 0 radical (unpaired) electrons. The summed E-state index contributed by atoms with van der Waals surface area (Å²) in [4.78, 5) is 23.5. The van der Waals surface area contributed by atoms with Crippen LogP contribution in [0.3, 0.4) is 0 Å². The molecule has 0 bridgehead atoms. The van der Waals surface area contributed by atoms with E-state index in [-0.39, 0.29) is 5.56 Å². The first-order valence-corrected chi connectivity index (χ1v) is 6.86. The van der Waals surface area contributed by atoms with E-state index in [2.05, 4.69) is 10.1 Å². The number of rotatable bonds is 4. The van der Waals surface area contributed by atoms with Crippen LogP contribution < -0.4 is 5.32 Å². The summed E-state index contributed by atoms with van der Waals surface area (Å²) in [6, 6.07) is 3.97. The van der Waals surface area contributed by atoms with Gasteiger partial charge in [-0.1, -0.05) is 0 Å². The number of nitrogens with one attached hydrogen (secondary N) is 1. The first-order chi connectivity index (χ1) is 9.96. The Balaban J connectivity index is 2.95. The number of carbonyl (C=O) groups is 2. The van der Waals surface area contributed by atoms with E-state index >= 15 is 0 Å². The van der Waals surface area contributed by atoms with Gasteiger partial charge in [0.15, 0.2) is 0 Å². The van der Waals surface area contributed by atoms with Crippen LogP contribution in [0.15, 0.2) is 18.2 Å². The Bertz CT molecular complexity index is 576. The number of benzene rings is 1. The van der Waals surface area contributed by atoms with E-state index in [1.807, 2.05) is 0 Å². The molecule has 5 nitrogen and oxygen atoms in total. The monoisotopic (exact) mass is 311 g/mol. The number of esters is 2. The highest BCUT2D eigenvalue weighted by molar-refractivity contribution is 5.90. The van der Waals surface area contributed by atoms with E-state index in [0.717, 1.165) is 6.07 Å². The van der Waals surface area contributed by atoms with E-state index in [1.165, 1.54) is 19.2 Å². The highest BCUT2D eigenvalue weighted by Crippen LogP contribution is 2.21. The lowest BCUT2D eigenvalue weighted by Crippen LogP contribution is -2.41. The minimum absolute atomic E-state index is 0.156. The summed E-state index contributed by atoms with van der Waals surface area (Å²) in [5, 5.41) is 2.86. The zero-order chi connectivity index (χ0) is 17.1. The van der Waals surface area contributed by atoms with Gasteiger partial charge in [0.25, 0.3) is 0 Å². The molecule has 0 fully saturated rings. The van der Waals surface area contributed by atoms with E-state index in [0.29, 0.717) is 5.69 Å². The van der Waals surface area contributed by atoms with E-state index in [9.17, 15) is 14.0 Å². The molecule has 22 heavy (non-hydrogen) atoms. The molecule has 1 N–H and O–H groups in total. The molecule has 0 unspecified atom stereocenters. The number of methoxy groups -OCH3 is 1. The van der Waals surface area contributed by atoms with E-state index in [4.69, 9.17) is 4.74 Å². The summed E-state index contributed by atoms with van der Waals surface area (Å²) in [7, 11) is 1.28. The molecule has 1 aromatic rings. The normalized spacial score (nSPS) is 11.8. The van der Waals surface area contributed by atoms with Crippen LogP contribution in [-0.2, 0) is 14.3 Å². The van der Waals surface area contributed by atoms with Crippen molar-refractivity contribution in [1.82, 2.24) is 0 Å². The maximum absolute atomic E-state index is 14.1. The minimum atomic E-state index is -1.02. The fraction of sp³-hybridized carbons (Fsp3) is 0.500. The number of hydrogen-bond donors (Lipinski definition) is 1. The number of ether oxygens (including phenoxy) is 2. The van der Waals surface area contributed by atoms with Crippen molar-refractivity contribution in [3.63, 3.8) is 0 Å². The molecule has 1 rings (SSSR count). The van der Waals surface area contributed by atoms with Crippen molar-refractivity contribution >= 4 is 17.6 Å². The van der Waals surface area contributed by atoms with E-state index in [1.54, 1.807) is 34.6 Å². The van der Waals surface area contributed by atoms with Crippen molar-refractivity contribution in [1.29, 1.82) is 0 Å². The lowest BCUT2D eigenvalue weighted by molar-refractivity contribution is -0.144. The van der Waals surface area contributed by atoms with Crippen molar-refractivity contribution in [2.24, 2.45) is 0 Å². The van der Waals surface area contributed by atoms with Gasteiger partial charge >= 0.3 is 11.9 Å². The van der Waals surface area contributed by atoms with Crippen LogP contribution in [0.5, 0.6) is 0 Å². The van der Waals surface area contributed by atoms with Crippen LogP contribution in [0.2, 0.25) is 0 Å². The van der Waals surface area contributed by atoms with Gasteiger partial charge in [-0.15, -0.1) is 0 Å². The molecule has 0 saturated carbocycles. The molecule has 1 aromatic carbocycles. The number of carbonyl (C=O) groups excluding carboxylic acids is 2. The van der Waals surface area contributed by atoms with Gasteiger partial charge in [-0.2, -0.15) is 0 Å². The van der Waals surface area contributed by atoms with Gasteiger partial charge in [-0.3, -0.25) is 0 Å². The Kier molecular flexibility index (Phi) is 5.17. The zero-order valence-electron chi connectivity index (χ0n) is 13.7. The predicted molar refractivity (Wildman–Crippen MR) is 81.3 cm³/mol. The van der Waals surface area contributed by atoms with Crippen LogP contribution in [0, 0.1) is 5.82 Å². The van der Waals surface area contributed by atoms with Crippen LogP contribution in [-0.4, -0.2) is 30.2 Å². The van der Waals surface area contributed by atoms with Gasteiger partial charge in [0.2, 0.25) is 0 Å². The van der Waals surface area contributed by atoms with Crippen molar-refractivity contribution < 1.29 is 23.5 Å². The number of anilines is 1. The van der Waals surface area contributed by atoms with Gasteiger partial charge in [-0.25, -0.2) is 14.0 Å². The molecule has 0 aromatic heterocycles. The summed E-state index contributed by atoms with van der Waals surface area (Å²) < 4.78 is 23.9. The Hall–Kier alpha value is -2.11. The van der Waals surface area contributed by atoms with Crippen LogP contribution >= 0.6 is 0 Å². The molecule has 0 heterocycles. The van der Waals surface area contributed by atoms with Crippen molar-refractivity contribution in [2.75, 3.05) is 12.4 Å². The molecule has 6 heteroatoms. The Morgan fingerprint density at radius 3 is 2.18 bits per heavy atom. The second-order valence-corrected chi connectivity index (χ2v) is 6.44. The van der Waals surface area contributed by atoms with Gasteiger partial charge in [0, 0.05) is 5.69 Å². The molecule has 0 spiro atoms. The van der Waals surface area contributed by atoms with Crippen molar-refractivity contribution in [3.05, 3.63) is 29.6 Å². The molecule has 0 aliphatic heterocycles. The third kappa shape index (κ3) is 4.72. The smallest absolute Gasteiger partial charge is 0.341 e. The third-order valence-corrected chi connectivity index (χ3v) is 2.74.